The number of carbonyl (C=O) groups excluding carboxylic acids is 2. The Balaban J connectivity index is 2.63. The average molecular weight is 283 g/mol. The Hall–Kier alpha value is -0.960. The molecule has 0 fully saturated rings. The third kappa shape index (κ3) is 3.56. The van der Waals surface area contributed by atoms with Gasteiger partial charge < -0.3 is 0 Å². The summed E-state index contributed by atoms with van der Waals surface area (Å²) in [5.74, 6) is -0.255. The third-order valence-corrected chi connectivity index (χ3v) is 3.28. The van der Waals surface area contributed by atoms with E-state index in [0.717, 1.165) is 5.56 Å². The normalized spacial score (nSPS) is 12.5. The lowest BCUT2D eigenvalue weighted by Gasteiger charge is -2.10. The van der Waals surface area contributed by atoms with Crippen LogP contribution in [0.5, 0.6) is 0 Å². The van der Waals surface area contributed by atoms with Crippen molar-refractivity contribution in [1.29, 1.82) is 0 Å². The first-order chi connectivity index (χ1) is 7.52. The van der Waals surface area contributed by atoms with Crippen LogP contribution in [0.3, 0.4) is 0 Å². The van der Waals surface area contributed by atoms with Gasteiger partial charge in [-0.3, -0.25) is 9.59 Å². The highest BCUT2D eigenvalue weighted by atomic mass is 79.9. The summed E-state index contributed by atoms with van der Waals surface area (Å²) in [5.41, 5.74) is 0.938. The number of alkyl halides is 1. The minimum Gasteiger partial charge on any atom is -0.298 e. The molecule has 3 heteroatoms. The molecule has 16 heavy (non-hydrogen) atoms. The van der Waals surface area contributed by atoms with Crippen molar-refractivity contribution in [2.45, 2.75) is 25.1 Å². The summed E-state index contributed by atoms with van der Waals surface area (Å²) >= 11 is 3.17. The van der Waals surface area contributed by atoms with E-state index in [2.05, 4.69) is 15.9 Å². The van der Waals surface area contributed by atoms with Gasteiger partial charge in [0.2, 0.25) is 0 Å². The van der Waals surface area contributed by atoms with E-state index in [0.29, 0.717) is 6.42 Å². The highest BCUT2D eigenvalue weighted by molar-refractivity contribution is 9.10. The summed E-state index contributed by atoms with van der Waals surface area (Å²) < 4.78 is 0. The van der Waals surface area contributed by atoms with Gasteiger partial charge in [-0.2, -0.15) is 0 Å². The second-order valence-corrected chi connectivity index (χ2v) is 4.96. The number of rotatable bonds is 5. The average Bonchev–Trinajstić information content (AvgIpc) is 2.28. The van der Waals surface area contributed by atoms with Gasteiger partial charge in [-0.1, -0.05) is 60.1 Å². The lowest BCUT2D eigenvalue weighted by Crippen LogP contribution is -2.29. The van der Waals surface area contributed by atoms with Gasteiger partial charge in [0.15, 0.2) is 11.6 Å². The first-order valence-corrected chi connectivity index (χ1v) is 6.18. The van der Waals surface area contributed by atoms with Crippen molar-refractivity contribution in [3.63, 3.8) is 0 Å². The number of hydrogen-bond acceptors (Lipinski definition) is 2. The number of ketones is 2. The molecule has 0 aliphatic rings. The molecule has 0 aliphatic carbocycles. The number of benzene rings is 1. The minimum absolute atomic E-state index is 0.0547. The van der Waals surface area contributed by atoms with Gasteiger partial charge in [-0.25, -0.2) is 0 Å². The Morgan fingerprint density at radius 2 is 1.75 bits per heavy atom. The summed E-state index contributed by atoms with van der Waals surface area (Å²) in [4.78, 5) is 22.7. The van der Waals surface area contributed by atoms with Crippen LogP contribution in [0.15, 0.2) is 30.3 Å². The molecule has 0 aliphatic heterocycles. The number of halogens is 1. The van der Waals surface area contributed by atoms with Crippen LogP contribution in [0, 0.1) is 5.92 Å². The summed E-state index contributed by atoms with van der Waals surface area (Å²) in [6.45, 7) is 3.60. The summed E-state index contributed by atoms with van der Waals surface area (Å²) in [6, 6.07) is 9.44. The maximum Gasteiger partial charge on any atom is 0.158 e. The molecule has 0 amide bonds. The monoisotopic (exact) mass is 282 g/mol. The minimum atomic E-state index is -0.673. The maximum atomic E-state index is 11.8. The van der Waals surface area contributed by atoms with Crippen LogP contribution >= 0.6 is 15.9 Å². The van der Waals surface area contributed by atoms with Crippen molar-refractivity contribution in [3.8, 4) is 0 Å². The Bertz CT molecular complexity index is 371. The Morgan fingerprint density at radius 1 is 1.19 bits per heavy atom. The summed E-state index contributed by atoms with van der Waals surface area (Å²) in [7, 11) is 0. The zero-order valence-electron chi connectivity index (χ0n) is 9.44. The van der Waals surface area contributed by atoms with Crippen LogP contribution in [0.4, 0.5) is 0 Å². The maximum absolute atomic E-state index is 11.8. The number of carbonyl (C=O) groups is 2. The van der Waals surface area contributed by atoms with Crippen molar-refractivity contribution in [2.75, 3.05) is 0 Å². The van der Waals surface area contributed by atoms with Gasteiger partial charge in [0.05, 0.1) is 0 Å². The van der Waals surface area contributed by atoms with E-state index in [-0.39, 0.29) is 17.5 Å². The van der Waals surface area contributed by atoms with Gasteiger partial charge >= 0.3 is 0 Å². The fourth-order valence-electron chi connectivity index (χ4n) is 1.34. The van der Waals surface area contributed by atoms with Crippen molar-refractivity contribution >= 4 is 27.5 Å². The quantitative estimate of drug-likeness (QED) is 0.615. The van der Waals surface area contributed by atoms with Gasteiger partial charge in [0.25, 0.3) is 0 Å². The van der Waals surface area contributed by atoms with Crippen LogP contribution in [-0.4, -0.2) is 16.4 Å². The molecule has 0 radical (unpaired) electrons. The van der Waals surface area contributed by atoms with E-state index in [9.17, 15) is 9.59 Å². The molecule has 0 saturated carbocycles. The molecule has 0 N–H and O–H groups in total. The van der Waals surface area contributed by atoms with Gasteiger partial charge in [-0.05, 0) is 5.56 Å². The van der Waals surface area contributed by atoms with E-state index in [1.54, 1.807) is 13.8 Å². The summed E-state index contributed by atoms with van der Waals surface area (Å²) in [6.07, 6.45) is 0.301. The topological polar surface area (TPSA) is 34.1 Å². The lowest BCUT2D eigenvalue weighted by atomic mass is 10.00. The van der Waals surface area contributed by atoms with Crippen LogP contribution in [-0.2, 0) is 16.0 Å². The van der Waals surface area contributed by atoms with E-state index < -0.39 is 4.83 Å². The van der Waals surface area contributed by atoms with Crippen molar-refractivity contribution in [2.24, 2.45) is 5.92 Å². The van der Waals surface area contributed by atoms with Gasteiger partial charge in [0.1, 0.15) is 4.83 Å². The van der Waals surface area contributed by atoms with Crippen LogP contribution in [0.25, 0.3) is 0 Å². The first-order valence-electron chi connectivity index (χ1n) is 5.26. The van der Waals surface area contributed by atoms with Crippen molar-refractivity contribution < 1.29 is 9.59 Å². The first kappa shape index (κ1) is 13.1. The Labute approximate surface area is 104 Å². The van der Waals surface area contributed by atoms with E-state index in [4.69, 9.17) is 0 Å². The number of Topliss-reactive ketones (excluding diaryl/α,β-unsaturated/α-hetero) is 2. The second-order valence-electron chi connectivity index (χ2n) is 4.05. The zero-order chi connectivity index (χ0) is 12.1. The van der Waals surface area contributed by atoms with Crippen LogP contribution in [0.1, 0.15) is 19.4 Å². The molecule has 0 aromatic heterocycles. The summed E-state index contributed by atoms with van der Waals surface area (Å²) in [5, 5.41) is 0. The predicted octanol–water partition coefficient (Wildman–Crippen LogP) is 2.79. The highest BCUT2D eigenvalue weighted by Crippen LogP contribution is 2.12. The molecule has 0 saturated heterocycles. The largest absolute Gasteiger partial charge is 0.298 e. The third-order valence-electron chi connectivity index (χ3n) is 2.32. The van der Waals surface area contributed by atoms with Gasteiger partial charge in [-0.15, -0.1) is 0 Å². The molecule has 1 atom stereocenters. The molecule has 86 valence electrons. The van der Waals surface area contributed by atoms with E-state index in [1.807, 2.05) is 30.3 Å². The van der Waals surface area contributed by atoms with E-state index in [1.165, 1.54) is 0 Å². The van der Waals surface area contributed by atoms with Crippen molar-refractivity contribution in [1.82, 2.24) is 0 Å². The highest BCUT2D eigenvalue weighted by Gasteiger charge is 2.25. The number of hydrogen-bond donors (Lipinski definition) is 0. The Kier molecular flexibility index (Phi) is 4.87. The van der Waals surface area contributed by atoms with Gasteiger partial charge in [0, 0.05) is 12.3 Å². The molecule has 1 aromatic carbocycles. The van der Waals surface area contributed by atoms with E-state index >= 15 is 0 Å². The van der Waals surface area contributed by atoms with Crippen LogP contribution < -0.4 is 0 Å². The fourth-order valence-corrected chi connectivity index (χ4v) is 2.03. The fraction of sp³-hybridized carbons (Fsp3) is 0.385. The molecule has 0 heterocycles. The smallest absolute Gasteiger partial charge is 0.158 e. The Morgan fingerprint density at radius 3 is 2.25 bits per heavy atom. The SMILES string of the molecule is CC(C)C(=O)C(Br)C(=O)Cc1ccccc1. The molecule has 0 spiro atoms. The standard InChI is InChI=1S/C13H15BrO2/c1-9(2)13(16)12(14)11(15)8-10-6-4-3-5-7-10/h3-7,9,12H,8H2,1-2H3. The molecule has 1 rings (SSSR count). The molecular weight excluding hydrogens is 268 g/mol. The molecule has 0 bridgehead atoms. The predicted molar refractivity (Wildman–Crippen MR) is 67.7 cm³/mol. The lowest BCUT2D eigenvalue weighted by molar-refractivity contribution is -0.127. The molecule has 1 aromatic rings. The molecular formula is C13H15BrO2. The van der Waals surface area contributed by atoms with Crippen LogP contribution in [0.2, 0.25) is 0 Å². The molecule has 1 unspecified atom stereocenters. The second kappa shape index (κ2) is 5.94. The zero-order valence-corrected chi connectivity index (χ0v) is 11.0. The van der Waals surface area contributed by atoms with Crippen molar-refractivity contribution in [3.05, 3.63) is 35.9 Å². The molecule has 2 nitrogen and oxygen atoms in total.